The van der Waals surface area contributed by atoms with E-state index in [9.17, 15) is 81.2 Å². The lowest BCUT2D eigenvalue weighted by Gasteiger charge is -2.33. The third kappa shape index (κ3) is 37.6. The Morgan fingerprint density at radius 2 is 1.39 bits per heavy atom. The van der Waals surface area contributed by atoms with Crippen LogP contribution in [0.3, 0.4) is 0 Å². The topological polar surface area (TPSA) is 533 Å². The molecule has 39 nitrogen and oxygen atoms in total. The van der Waals surface area contributed by atoms with Gasteiger partial charge in [-0.05, 0) is 133 Å². The number of benzene rings is 2. The van der Waals surface area contributed by atoms with Crippen molar-refractivity contribution in [3.05, 3.63) is 101 Å². The van der Waals surface area contributed by atoms with Gasteiger partial charge in [-0.15, -0.1) is 5.10 Å². The molecule has 2 heterocycles. The second-order valence-corrected chi connectivity index (χ2v) is 33.2. The number of hydrogen-bond acceptors (Lipinski definition) is 24. The average Bonchev–Trinajstić information content (AvgIpc) is 0.976. The van der Waals surface area contributed by atoms with E-state index in [1.54, 1.807) is 116 Å². The van der Waals surface area contributed by atoms with Gasteiger partial charge in [0.15, 0.2) is 6.10 Å². The number of primary amides is 1. The molecule has 2 aromatic carbocycles. The van der Waals surface area contributed by atoms with E-state index in [0.29, 0.717) is 41.8 Å². The van der Waals surface area contributed by atoms with Gasteiger partial charge in [-0.25, -0.2) is 33.1 Å². The number of unbranched alkanes of at least 4 members (excludes halogenated alkanes) is 4. The zero-order valence-electron chi connectivity index (χ0n) is 70.9. The second-order valence-electron chi connectivity index (χ2n) is 30.2. The molecule has 1 aliphatic rings. The number of aromatic nitrogens is 3. The van der Waals surface area contributed by atoms with Crippen LogP contribution >= 0.6 is 15.6 Å². The van der Waals surface area contributed by atoms with E-state index < -0.39 is 180 Å². The number of ether oxygens (including phenoxy) is 4. The van der Waals surface area contributed by atoms with Crippen LogP contribution in [0, 0.1) is 23.7 Å². The van der Waals surface area contributed by atoms with Crippen LogP contribution in [-0.2, 0) is 109 Å². The van der Waals surface area contributed by atoms with Gasteiger partial charge in [0.05, 0.1) is 26.0 Å². The van der Waals surface area contributed by atoms with E-state index in [1.165, 1.54) is 70.1 Å². The Morgan fingerprint density at radius 1 is 0.742 bits per heavy atom. The average molecular weight is 1730 g/mol. The molecule has 0 spiro atoms. The number of carbonyl (C=O) groups excluding carboxylic acids is 13. The summed E-state index contributed by atoms with van der Waals surface area (Å²) in [5.41, 5.74) is 7.11. The van der Waals surface area contributed by atoms with Crippen LogP contribution in [-0.4, -0.2) is 220 Å². The number of allylic oxidation sites excluding steroid dienone is 1. The monoisotopic (exact) mass is 1730 g/mol. The molecule has 0 fully saturated rings. The first kappa shape index (κ1) is 102. The summed E-state index contributed by atoms with van der Waals surface area (Å²) in [6.45, 7) is 18.0. The molecule has 120 heavy (non-hydrogen) atoms. The van der Waals surface area contributed by atoms with Crippen molar-refractivity contribution in [2.45, 2.75) is 234 Å². The first-order chi connectivity index (χ1) is 56.6. The summed E-state index contributed by atoms with van der Waals surface area (Å²) in [5, 5.41) is 31.3. The number of aryl methyl sites for hydroxylation is 1. The van der Waals surface area contributed by atoms with Gasteiger partial charge in [0.1, 0.15) is 55.1 Å². The molecule has 0 bridgehead atoms. The lowest BCUT2D eigenvalue weighted by Crippen LogP contribution is -2.57. The number of phosphoric acid groups is 2. The van der Waals surface area contributed by atoms with Gasteiger partial charge in [-0.2, -0.15) is 4.31 Å². The first-order valence-electron chi connectivity index (χ1n) is 40.2. The quantitative estimate of drug-likeness (QED) is 0.00996. The van der Waals surface area contributed by atoms with E-state index >= 15 is 0 Å². The molecule has 668 valence electrons. The number of nitrogens with zero attached hydrogens (tertiary/aromatic N) is 5. The Balaban J connectivity index is 1.33. The van der Waals surface area contributed by atoms with Crippen molar-refractivity contribution < 1.29 is 114 Å². The Bertz CT molecular complexity index is 4020. The first-order valence-corrected chi connectivity index (χ1v) is 43.2. The van der Waals surface area contributed by atoms with E-state index in [-0.39, 0.29) is 101 Å². The minimum Gasteiger partial charge on any atom is -0.456 e. The van der Waals surface area contributed by atoms with Crippen LogP contribution in [0.2, 0.25) is 0 Å². The number of nitrogens with one attached hydrogen (secondary N) is 9. The summed E-state index contributed by atoms with van der Waals surface area (Å²) in [7, 11) is -7.78. The van der Waals surface area contributed by atoms with E-state index in [1.807, 2.05) is 0 Å². The number of phosphoric ester groups is 2. The number of nitrogens with two attached hydrogens (primary N) is 1. The number of urea groups is 1. The summed E-state index contributed by atoms with van der Waals surface area (Å²) in [6, 6.07) is 7.05. The number of cyclic esters (lactones) is 2. The zero-order valence-corrected chi connectivity index (χ0v) is 72.7. The Kier molecular flexibility index (Phi) is 44.4. The summed E-state index contributed by atoms with van der Waals surface area (Å²) in [6.07, 6.45) is 4.01. The van der Waals surface area contributed by atoms with Gasteiger partial charge in [0.25, 0.3) is 5.91 Å². The van der Waals surface area contributed by atoms with Gasteiger partial charge < -0.3 is 92.1 Å². The molecule has 0 aliphatic carbocycles. The van der Waals surface area contributed by atoms with Crippen molar-refractivity contribution in [2.75, 3.05) is 58.8 Å². The second kappa shape index (κ2) is 52.1. The SMILES string of the molecule is C/C=C(\C)[C@H]1OC(=O)[C@@H](C)NC(=O)[C@H](C(C)CC)NC(=O)CN(C)C(=O)[C@@H](Cc2ccccc2)N(C)C(=O)[C@H](C)NC(=O)[C@@H](CC(C)C)OC(=O)/C(C)=C/C[C@H](OC(=O)NCCCCCOP(=O)(O)OP(=O)(O)OCCNC(=O)OCc2ccc(NC(=O)[C@@H](CCCNC(N)=O)NC(=O)[C@H](NC(=O)CCCCCn3ccnn3)C(C)C)cc2)[C@@H]1C. The van der Waals surface area contributed by atoms with Crippen molar-refractivity contribution in [3.63, 3.8) is 0 Å². The van der Waals surface area contributed by atoms with E-state index in [4.69, 9.17) is 33.7 Å². The number of amides is 12. The summed E-state index contributed by atoms with van der Waals surface area (Å²) in [5.74, 6) is -8.94. The highest BCUT2D eigenvalue weighted by molar-refractivity contribution is 7.61. The molecule has 41 heteroatoms. The number of likely N-dealkylation sites (N-methyl/N-ethyl adjacent to an activating group) is 2. The van der Waals surface area contributed by atoms with Crippen molar-refractivity contribution in [2.24, 2.45) is 29.4 Å². The number of carbonyl (C=O) groups is 13. The Morgan fingerprint density at radius 3 is 2.02 bits per heavy atom. The third-order valence-corrected chi connectivity index (χ3v) is 22.1. The molecule has 13 N–H and O–H groups in total. The minimum atomic E-state index is -5.29. The van der Waals surface area contributed by atoms with Gasteiger partial charge in [0, 0.05) is 82.9 Å². The fourth-order valence-electron chi connectivity index (χ4n) is 12.2. The van der Waals surface area contributed by atoms with Crippen LogP contribution in [0.4, 0.5) is 20.1 Å². The molecule has 0 radical (unpaired) electrons. The van der Waals surface area contributed by atoms with Crippen LogP contribution in [0.5, 0.6) is 0 Å². The molecule has 3 aromatic rings. The molecule has 13 atom stereocenters. The maximum Gasteiger partial charge on any atom is 0.481 e. The van der Waals surface area contributed by atoms with Crippen LogP contribution in [0.25, 0.3) is 0 Å². The summed E-state index contributed by atoms with van der Waals surface area (Å²) in [4.78, 5) is 199. The third-order valence-electron chi connectivity index (χ3n) is 19.5. The van der Waals surface area contributed by atoms with Gasteiger partial charge in [0.2, 0.25) is 41.4 Å². The van der Waals surface area contributed by atoms with Crippen molar-refractivity contribution in [1.82, 2.24) is 67.3 Å². The molecule has 0 saturated heterocycles. The van der Waals surface area contributed by atoms with E-state index in [0.717, 1.165) is 17.7 Å². The largest absolute Gasteiger partial charge is 0.481 e. The summed E-state index contributed by atoms with van der Waals surface area (Å²) < 4.78 is 64.3. The highest BCUT2D eigenvalue weighted by Crippen LogP contribution is 2.60. The molecule has 12 amide bonds. The maximum absolute atomic E-state index is 14.4. The predicted octanol–water partition coefficient (Wildman–Crippen LogP) is 6.18. The van der Waals surface area contributed by atoms with Crippen LogP contribution in [0.1, 0.15) is 171 Å². The number of alkyl carbamates (subject to hydrolysis) is 2. The van der Waals surface area contributed by atoms with Crippen molar-refractivity contribution in [3.8, 4) is 0 Å². The predicted molar refractivity (Wildman–Crippen MR) is 439 cm³/mol. The maximum atomic E-state index is 14.4. The standard InChI is InChI=1S/C79H123N15O24P2/c1-15-51(7)67-72(100)86-56(12)76(104)117-68(52(8)16-2)54(10)62(36-31-53(9)75(103)115-63(45-49(3)4)70(98)85-55(11)73(101)93(14)61(46-57-27-20-17-21-28-57)74(102)92(13)47-65(96)90-67)116-79(107)82-37-23-19-25-43-113-119(108,109)118-120(110,111)114-44-40-83-78(106)112-48-58-32-34-59(35-33-58)87-69(97)60(29-26-38-81-77(80)105)88-71(99)66(50(5)6)89-64(95)30-22-18-24-41-94-42-39-84-91-94/h16-17,20-21,27-28,31-35,39,42,49-51,54-56,60-63,66-68H,15,18-19,22-26,29-30,36-38,40-41,43-48H2,1-14H3,(H,82,107)(H,83,106)(H,85,98)(H,86,100)(H,87,97)(H,88,99)(H,89,95)(H,90,96)(H,108,109)(H,110,111)(H3,80,81,105)/b52-16+,53-31+/t51?,54-,55-,56+,60+,61+,62-,63+,66+,67-,68+/m0/s1. The Hall–Kier alpha value is -10.2. The number of esters is 2. The fraction of sp³-hybridized carbons (Fsp3) is 0.608. The number of anilines is 1. The zero-order chi connectivity index (χ0) is 89.4. The van der Waals surface area contributed by atoms with Crippen molar-refractivity contribution in [1.29, 1.82) is 0 Å². The number of hydrogen-bond donors (Lipinski definition) is 12. The Labute approximate surface area is 700 Å². The van der Waals surface area contributed by atoms with Crippen LogP contribution in [0.15, 0.2) is 90.3 Å². The lowest BCUT2D eigenvalue weighted by molar-refractivity contribution is -0.155. The lowest BCUT2D eigenvalue weighted by atomic mass is 9.90. The van der Waals surface area contributed by atoms with E-state index in [2.05, 4.69) is 62.5 Å². The van der Waals surface area contributed by atoms with Crippen molar-refractivity contribution >= 4 is 98.7 Å². The normalized spacial score (nSPS) is 21.4. The van der Waals surface area contributed by atoms with Gasteiger partial charge >= 0.3 is 45.8 Å². The van der Waals surface area contributed by atoms with Crippen LogP contribution < -0.4 is 53.6 Å². The molecule has 1 aliphatic heterocycles. The fourth-order valence-corrected chi connectivity index (χ4v) is 14.3. The summed E-state index contributed by atoms with van der Waals surface area (Å²) >= 11 is 0. The van der Waals surface area contributed by atoms with Gasteiger partial charge in [-0.1, -0.05) is 121 Å². The highest BCUT2D eigenvalue weighted by Gasteiger charge is 2.40. The molecule has 0 saturated carbocycles. The highest BCUT2D eigenvalue weighted by atomic mass is 31.3. The number of rotatable bonds is 39. The molecular weight excluding hydrogens is 1600 g/mol. The smallest absolute Gasteiger partial charge is 0.456 e. The molecule has 4 rings (SSSR count). The molecule has 3 unspecified atom stereocenters. The molecule has 1 aromatic heterocycles. The van der Waals surface area contributed by atoms with Gasteiger partial charge in [-0.3, -0.25) is 52.1 Å². The minimum absolute atomic E-state index is 0.00781. The molecular formula is C79H123N15O24P2.